The van der Waals surface area contributed by atoms with Gasteiger partial charge in [0.2, 0.25) is 10.0 Å². The molecule has 0 spiro atoms. The Hall–Kier alpha value is -1.58. The number of benzene rings is 1. The van der Waals surface area contributed by atoms with Crippen molar-refractivity contribution in [3.8, 4) is 11.8 Å². The van der Waals surface area contributed by atoms with Crippen molar-refractivity contribution in [3.63, 3.8) is 0 Å². The van der Waals surface area contributed by atoms with Crippen LogP contribution in [-0.2, 0) is 10.0 Å². The van der Waals surface area contributed by atoms with Crippen LogP contribution >= 0.6 is 0 Å². The molecule has 0 amide bonds. The molecule has 1 aromatic rings. The first-order valence-electron chi connectivity index (χ1n) is 6.44. The molecular weight excluding hydrogens is 281 g/mol. The summed E-state index contributed by atoms with van der Waals surface area (Å²) in [4.78, 5) is 0. The van der Waals surface area contributed by atoms with E-state index in [0.29, 0.717) is 18.7 Å². The molecule has 1 saturated heterocycles. The van der Waals surface area contributed by atoms with E-state index in [9.17, 15) is 12.8 Å². The predicted molar refractivity (Wildman–Crippen MR) is 75.3 cm³/mol. The third-order valence-corrected chi connectivity index (χ3v) is 4.92. The van der Waals surface area contributed by atoms with Crippen molar-refractivity contribution in [2.75, 3.05) is 23.2 Å². The van der Waals surface area contributed by atoms with E-state index in [2.05, 4.69) is 11.8 Å². The van der Waals surface area contributed by atoms with Crippen molar-refractivity contribution in [1.82, 2.24) is 0 Å². The maximum Gasteiger partial charge on any atom is 0.235 e. The van der Waals surface area contributed by atoms with Crippen molar-refractivity contribution in [1.29, 1.82) is 0 Å². The van der Waals surface area contributed by atoms with Crippen LogP contribution in [0.25, 0.3) is 0 Å². The van der Waals surface area contributed by atoms with Gasteiger partial charge in [-0.3, -0.25) is 4.31 Å². The molecule has 4 nitrogen and oxygen atoms in total. The molecule has 0 atom stereocenters. The highest BCUT2D eigenvalue weighted by Crippen LogP contribution is 2.25. The van der Waals surface area contributed by atoms with E-state index in [4.69, 9.17) is 5.11 Å². The van der Waals surface area contributed by atoms with E-state index in [0.717, 1.165) is 6.42 Å². The predicted octanol–water partition coefficient (Wildman–Crippen LogP) is 1.49. The molecule has 0 unspecified atom stereocenters. The zero-order chi connectivity index (χ0) is 14.6. The summed E-state index contributed by atoms with van der Waals surface area (Å²) in [5.74, 6) is 4.88. The highest BCUT2D eigenvalue weighted by atomic mass is 32.2. The molecule has 2 rings (SSSR count). The van der Waals surface area contributed by atoms with Crippen LogP contribution in [0.5, 0.6) is 0 Å². The standard InChI is InChI=1S/C14H16FNO3S/c15-14-7-6-13(11-12(14)5-1-3-9-17)16-8-2-4-10-20(16,18)19/h6-7,11,17H,2-4,8-10H2. The molecule has 6 heteroatoms. The second-order valence-electron chi connectivity index (χ2n) is 4.53. The highest BCUT2D eigenvalue weighted by Gasteiger charge is 2.26. The Bertz CT molecular complexity index is 646. The Balaban J connectivity index is 2.34. The molecule has 1 aliphatic heterocycles. The molecule has 1 aromatic carbocycles. The molecule has 0 aliphatic carbocycles. The maximum atomic E-state index is 13.6. The zero-order valence-corrected chi connectivity index (χ0v) is 11.8. The van der Waals surface area contributed by atoms with Gasteiger partial charge in [-0.1, -0.05) is 11.8 Å². The second-order valence-corrected chi connectivity index (χ2v) is 6.55. The number of halogens is 1. The first-order chi connectivity index (χ1) is 9.54. The monoisotopic (exact) mass is 297 g/mol. The fraction of sp³-hybridized carbons (Fsp3) is 0.429. The SMILES string of the molecule is O=S1(=O)CCCCN1c1ccc(F)c(C#CCCO)c1. The smallest absolute Gasteiger partial charge is 0.235 e. The van der Waals surface area contributed by atoms with Gasteiger partial charge in [0.1, 0.15) is 5.82 Å². The maximum absolute atomic E-state index is 13.6. The van der Waals surface area contributed by atoms with Gasteiger partial charge in [0.25, 0.3) is 0 Å². The molecule has 20 heavy (non-hydrogen) atoms. The molecule has 1 aliphatic rings. The number of rotatable bonds is 2. The molecule has 1 fully saturated rings. The number of sulfonamides is 1. The average molecular weight is 297 g/mol. The molecule has 0 saturated carbocycles. The lowest BCUT2D eigenvalue weighted by atomic mass is 10.2. The van der Waals surface area contributed by atoms with Crippen LogP contribution in [0, 0.1) is 17.7 Å². The van der Waals surface area contributed by atoms with Gasteiger partial charge in [0, 0.05) is 13.0 Å². The zero-order valence-electron chi connectivity index (χ0n) is 11.0. The van der Waals surface area contributed by atoms with E-state index in [1.54, 1.807) is 0 Å². The first kappa shape index (κ1) is 14.8. The van der Waals surface area contributed by atoms with Crippen molar-refractivity contribution in [2.45, 2.75) is 19.3 Å². The lowest BCUT2D eigenvalue weighted by Crippen LogP contribution is -2.37. The van der Waals surface area contributed by atoms with E-state index < -0.39 is 15.8 Å². The van der Waals surface area contributed by atoms with Gasteiger partial charge in [-0.05, 0) is 31.0 Å². The van der Waals surface area contributed by atoms with Crippen molar-refractivity contribution >= 4 is 15.7 Å². The summed E-state index contributed by atoms with van der Waals surface area (Å²) < 4.78 is 38.9. The number of hydrogen-bond donors (Lipinski definition) is 1. The van der Waals surface area contributed by atoms with Crippen LogP contribution in [0.15, 0.2) is 18.2 Å². The van der Waals surface area contributed by atoms with E-state index >= 15 is 0 Å². The molecule has 0 radical (unpaired) electrons. The molecular formula is C14H16FNO3S. The quantitative estimate of drug-likeness (QED) is 0.841. The summed E-state index contributed by atoms with van der Waals surface area (Å²) >= 11 is 0. The fourth-order valence-corrected chi connectivity index (χ4v) is 3.69. The topological polar surface area (TPSA) is 57.6 Å². The number of hydrogen-bond acceptors (Lipinski definition) is 3. The van der Waals surface area contributed by atoms with Crippen LogP contribution in [-0.4, -0.2) is 32.4 Å². The lowest BCUT2D eigenvalue weighted by molar-refractivity contribution is 0.305. The summed E-state index contributed by atoms with van der Waals surface area (Å²) in [5, 5.41) is 8.66. The summed E-state index contributed by atoms with van der Waals surface area (Å²) in [5.41, 5.74) is 0.594. The summed E-state index contributed by atoms with van der Waals surface area (Å²) in [6.45, 7) is 0.326. The van der Waals surface area contributed by atoms with Gasteiger partial charge in [-0.2, -0.15) is 0 Å². The number of aliphatic hydroxyl groups is 1. The third kappa shape index (κ3) is 3.30. The van der Waals surface area contributed by atoms with Crippen LogP contribution < -0.4 is 4.31 Å². The molecule has 1 heterocycles. The Morgan fingerprint density at radius 2 is 2.15 bits per heavy atom. The van der Waals surface area contributed by atoms with Gasteiger partial charge >= 0.3 is 0 Å². The Morgan fingerprint density at radius 3 is 2.85 bits per heavy atom. The van der Waals surface area contributed by atoms with Crippen LogP contribution in [0.2, 0.25) is 0 Å². The molecule has 0 bridgehead atoms. The van der Waals surface area contributed by atoms with E-state index in [1.165, 1.54) is 22.5 Å². The van der Waals surface area contributed by atoms with Crippen molar-refractivity contribution in [2.24, 2.45) is 0 Å². The van der Waals surface area contributed by atoms with Gasteiger partial charge in [-0.25, -0.2) is 12.8 Å². The molecule has 0 aromatic heterocycles. The minimum Gasteiger partial charge on any atom is -0.395 e. The third-order valence-electron chi connectivity index (χ3n) is 3.05. The largest absolute Gasteiger partial charge is 0.395 e. The van der Waals surface area contributed by atoms with Gasteiger partial charge in [-0.15, -0.1) is 0 Å². The minimum absolute atomic E-state index is 0.0885. The van der Waals surface area contributed by atoms with Gasteiger partial charge in [0.05, 0.1) is 23.6 Å². The van der Waals surface area contributed by atoms with Crippen LogP contribution in [0.3, 0.4) is 0 Å². The fourth-order valence-electron chi connectivity index (χ4n) is 2.06. The summed E-state index contributed by atoms with van der Waals surface area (Å²) in [6.07, 6.45) is 1.71. The Kier molecular flexibility index (Phi) is 4.63. The first-order valence-corrected chi connectivity index (χ1v) is 8.05. The molecule has 108 valence electrons. The molecule has 1 N–H and O–H groups in total. The summed E-state index contributed by atoms with van der Waals surface area (Å²) in [7, 11) is -3.31. The van der Waals surface area contributed by atoms with Crippen LogP contribution in [0.4, 0.5) is 10.1 Å². The van der Waals surface area contributed by atoms with Gasteiger partial charge in [0.15, 0.2) is 0 Å². The minimum atomic E-state index is -3.31. The Labute approximate surface area is 118 Å². The second kappa shape index (κ2) is 6.25. The van der Waals surface area contributed by atoms with E-state index in [-0.39, 0.29) is 24.3 Å². The van der Waals surface area contributed by atoms with Crippen molar-refractivity contribution < 1.29 is 17.9 Å². The normalized spacial score (nSPS) is 17.4. The Morgan fingerprint density at radius 1 is 1.35 bits per heavy atom. The van der Waals surface area contributed by atoms with Crippen molar-refractivity contribution in [3.05, 3.63) is 29.6 Å². The van der Waals surface area contributed by atoms with Gasteiger partial charge < -0.3 is 5.11 Å². The highest BCUT2D eigenvalue weighted by molar-refractivity contribution is 7.92. The lowest BCUT2D eigenvalue weighted by Gasteiger charge is -2.28. The number of nitrogens with zero attached hydrogens (tertiary/aromatic N) is 1. The van der Waals surface area contributed by atoms with E-state index in [1.807, 2.05) is 0 Å². The summed E-state index contributed by atoms with van der Waals surface area (Å²) in [6, 6.07) is 4.13. The average Bonchev–Trinajstić information content (AvgIpc) is 2.41. The number of anilines is 1. The van der Waals surface area contributed by atoms with Crippen LogP contribution in [0.1, 0.15) is 24.8 Å². The number of aliphatic hydroxyl groups excluding tert-OH is 1.